The maximum absolute atomic E-state index is 11.3. The maximum atomic E-state index is 11.3. The van der Waals surface area contributed by atoms with Gasteiger partial charge in [-0.2, -0.15) is 0 Å². The number of amides is 1. The summed E-state index contributed by atoms with van der Waals surface area (Å²) in [5.74, 6) is 0.762. The Morgan fingerprint density at radius 2 is 2.06 bits per heavy atom. The van der Waals surface area contributed by atoms with Gasteiger partial charge in [-0.15, -0.1) is 0 Å². The van der Waals surface area contributed by atoms with Gasteiger partial charge in [-0.1, -0.05) is 0 Å². The lowest BCUT2D eigenvalue weighted by molar-refractivity contribution is -0.120. The highest BCUT2D eigenvalue weighted by Gasteiger charge is 2.14. The molecular weight excluding hydrogens is 210 g/mol. The molecule has 0 spiro atoms. The molecule has 0 radical (unpaired) electrons. The number of benzene rings is 1. The van der Waals surface area contributed by atoms with Gasteiger partial charge in [-0.25, -0.2) is 0 Å². The van der Waals surface area contributed by atoms with Gasteiger partial charge in [-0.3, -0.25) is 4.79 Å². The van der Waals surface area contributed by atoms with Crippen molar-refractivity contribution in [1.82, 2.24) is 0 Å². The highest BCUT2D eigenvalue weighted by molar-refractivity contribution is 5.95. The monoisotopic (exact) mass is 225 g/mol. The molecule has 1 aromatic carbocycles. The predicted octanol–water partition coefficient (Wildman–Crippen LogP) is 0.659. The molecule has 0 unspecified atom stereocenters. The summed E-state index contributed by atoms with van der Waals surface area (Å²) in [5.41, 5.74) is 0.586. The lowest BCUT2D eigenvalue weighted by atomic mass is 10.2. The van der Waals surface area contributed by atoms with E-state index in [0.717, 1.165) is 0 Å². The molecule has 0 heterocycles. The van der Waals surface area contributed by atoms with E-state index >= 15 is 0 Å². The largest absolute Gasteiger partial charge is 0.497 e. The van der Waals surface area contributed by atoms with Gasteiger partial charge in [0.2, 0.25) is 0 Å². The van der Waals surface area contributed by atoms with Gasteiger partial charge in [0.1, 0.15) is 18.1 Å². The molecule has 1 N–H and O–H groups in total. The molecule has 1 aromatic rings. The van der Waals surface area contributed by atoms with Crippen LogP contribution in [0.25, 0.3) is 0 Å². The molecule has 0 aliphatic heterocycles. The van der Waals surface area contributed by atoms with Crippen molar-refractivity contribution in [1.29, 1.82) is 0 Å². The molecule has 88 valence electrons. The van der Waals surface area contributed by atoms with E-state index in [-0.39, 0.29) is 0 Å². The number of hydrogen-bond donors (Lipinski definition) is 1. The minimum absolute atomic E-state index is 0.400. The van der Waals surface area contributed by atoms with Crippen LogP contribution in [0.3, 0.4) is 0 Å². The summed E-state index contributed by atoms with van der Waals surface area (Å²) >= 11 is 0. The molecule has 0 saturated heterocycles. The van der Waals surface area contributed by atoms with Gasteiger partial charge in [0, 0.05) is 13.1 Å². The molecule has 0 fully saturated rings. The van der Waals surface area contributed by atoms with Crippen molar-refractivity contribution in [3.8, 4) is 11.5 Å². The number of carbonyl (C=O) groups is 1. The smallest absolute Gasteiger partial charge is 0.252 e. The Bertz CT molecular complexity index is 378. The van der Waals surface area contributed by atoms with Crippen LogP contribution in [0, 0.1) is 0 Å². The Balaban J connectivity index is 3.08. The van der Waals surface area contributed by atoms with Gasteiger partial charge in [-0.05, 0) is 12.1 Å². The first-order chi connectivity index (χ1) is 7.63. The third kappa shape index (κ3) is 2.43. The molecule has 0 aromatic heterocycles. The minimum atomic E-state index is -0.536. The molecule has 16 heavy (non-hydrogen) atoms. The molecule has 5 nitrogen and oxygen atoms in total. The summed E-state index contributed by atoms with van der Waals surface area (Å²) in [5, 5.41) is 8.77. The topological polar surface area (TPSA) is 59.0 Å². The number of rotatable bonds is 4. The Kier molecular flexibility index (Phi) is 4.13. The zero-order valence-electron chi connectivity index (χ0n) is 9.56. The molecule has 0 aliphatic carbocycles. The molecule has 0 atom stereocenters. The second-order valence-electron chi connectivity index (χ2n) is 3.15. The summed E-state index contributed by atoms with van der Waals surface area (Å²) in [6.45, 7) is -0.536. The van der Waals surface area contributed by atoms with Crippen molar-refractivity contribution < 1.29 is 19.4 Å². The minimum Gasteiger partial charge on any atom is -0.497 e. The Morgan fingerprint density at radius 3 is 2.56 bits per heavy atom. The van der Waals surface area contributed by atoms with Gasteiger partial charge < -0.3 is 19.5 Å². The first kappa shape index (κ1) is 12.3. The summed E-state index contributed by atoms with van der Waals surface area (Å²) < 4.78 is 10.2. The van der Waals surface area contributed by atoms with Crippen LogP contribution in [-0.2, 0) is 4.79 Å². The third-order valence-electron chi connectivity index (χ3n) is 2.26. The molecule has 1 rings (SSSR count). The van der Waals surface area contributed by atoms with Crippen LogP contribution in [0.5, 0.6) is 11.5 Å². The highest BCUT2D eigenvalue weighted by Crippen LogP contribution is 2.31. The standard InChI is InChI=1S/C11H15NO4/c1-12(11(14)7-13)9-5-4-8(15-2)6-10(9)16-3/h4-6,13H,7H2,1-3H3. The fourth-order valence-electron chi connectivity index (χ4n) is 1.30. The van der Waals surface area contributed by atoms with Crippen LogP contribution in [0.15, 0.2) is 18.2 Å². The van der Waals surface area contributed by atoms with Crippen LogP contribution in [0.1, 0.15) is 0 Å². The zero-order valence-corrected chi connectivity index (χ0v) is 9.56. The lowest BCUT2D eigenvalue weighted by Crippen LogP contribution is -2.29. The second kappa shape index (κ2) is 5.37. The van der Waals surface area contributed by atoms with E-state index in [0.29, 0.717) is 17.2 Å². The van der Waals surface area contributed by atoms with E-state index in [9.17, 15) is 4.79 Å². The Morgan fingerprint density at radius 1 is 1.38 bits per heavy atom. The summed E-state index contributed by atoms with van der Waals surface area (Å²) in [4.78, 5) is 12.7. The summed E-state index contributed by atoms with van der Waals surface area (Å²) in [6.07, 6.45) is 0. The zero-order chi connectivity index (χ0) is 12.1. The van der Waals surface area contributed by atoms with Crippen LogP contribution in [0.4, 0.5) is 5.69 Å². The van der Waals surface area contributed by atoms with E-state index in [4.69, 9.17) is 14.6 Å². The molecule has 0 aliphatic rings. The number of carbonyl (C=O) groups excluding carboxylic acids is 1. The quantitative estimate of drug-likeness (QED) is 0.817. The number of aliphatic hydroxyl groups excluding tert-OH is 1. The van der Waals surface area contributed by atoms with Crippen molar-refractivity contribution in [2.75, 3.05) is 32.8 Å². The van der Waals surface area contributed by atoms with Crippen LogP contribution < -0.4 is 14.4 Å². The van der Waals surface area contributed by atoms with Gasteiger partial charge in [0.25, 0.3) is 5.91 Å². The van der Waals surface area contributed by atoms with Crippen molar-refractivity contribution in [2.24, 2.45) is 0 Å². The van der Waals surface area contributed by atoms with Crippen LogP contribution in [0.2, 0.25) is 0 Å². The SMILES string of the molecule is COc1ccc(N(C)C(=O)CO)c(OC)c1. The van der Waals surface area contributed by atoms with Gasteiger partial charge >= 0.3 is 0 Å². The number of methoxy groups -OCH3 is 2. The van der Waals surface area contributed by atoms with Crippen molar-refractivity contribution >= 4 is 11.6 Å². The van der Waals surface area contributed by atoms with Crippen molar-refractivity contribution in [2.45, 2.75) is 0 Å². The average Bonchev–Trinajstić information content (AvgIpc) is 2.35. The molecule has 5 heteroatoms. The van der Waals surface area contributed by atoms with E-state index < -0.39 is 12.5 Å². The number of aliphatic hydroxyl groups is 1. The van der Waals surface area contributed by atoms with Crippen molar-refractivity contribution in [3.05, 3.63) is 18.2 Å². The highest BCUT2D eigenvalue weighted by atomic mass is 16.5. The predicted molar refractivity (Wildman–Crippen MR) is 60.0 cm³/mol. The van der Waals surface area contributed by atoms with E-state index in [1.807, 2.05) is 0 Å². The fourth-order valence-corrected chi connectivity index (χ4v) is 1.30. The average molecular weight is 225 g/mol. The van der Waals surface area contributed by atoms with Gasteiger partial charge in [0.15, 0.2) is 0 Å². The molecule has 1 amide bonds. The number of likely N-dealkylation sites (N-methyl/N-ethyl adjacent to an activating group) is 1. The van der Waals surface area contributed by atoms with Crippen LogP contribution in [-0.4, -0.2) is 38.9 Å². The van der Waals surface area contributed by atoms with E-state index in [1.54, 1.807) is 32.4 Å². The molecule has 0 bridgehead atoms. The van der Waals surface area contributed by atoms with Crippen LogP contribution >= 0.6 is 0 Å². The number of nitrogens with zero attached hydrogens (tertiary/aromatic N) is 1. The normalized spacial score (nSPS) is 9.75. The lowest BCUT2D eigenvalue weighted by Gasteiger charge is -2.19. The Labute approximate surface area is 94.2 Å². The third-order valence-corrected chi connectivity index (χ3v) is 2.26. The Hall–Kier alpha value is -1.75. The number of ether oxygens (including phenoxy) is 2. The molecule has 0 saturated carbocycles. The van der Waals surface area contributed by atoms with Crippen molar-refractivity contribution in [3.63, 3.8) is 0 Å². The first-order valence-corrected chi connectivity index (χ1v) is 4.73. The van der Waals surface area contributed by atoms with E-state index in [2.05, 4.69) is 0 Å². The molecular formula is C11H15NO4. The number of anilines is 1. The maximum Gasteiger partial charge on any atom is 0.252 e. The first-order valence-electron chi connectivity index (χ1n) is 4.73. The fraction of sp³-hybridized carbons (Fsp3) is 0.364. The second-order valence-corrected chi connectivity index (χ2v) is 3.15. The summed E-state index contributed by atoms with van der Waals surface area (Å²) in [6, 6.07) is 5.10. The number of hydrogen-bond acceptors (Lipinski definition) is 4. The summed E-state index contributed by atoms with van der Waals surface area (Å²) in [7, 11) is 4.63. The van der Waals surface area contributed by atoms with Gasteiger partial charge in [0.05, 0.1) is 19.9 Å². The van der Waals surface area contributed by atoms with E-state index in [1.165, 1.54) is 12.0 Å².